The van der Waals surface area contributed by atoms with Gasteiger partial charge in [0, 0.05) is 24.7 Å². The van der Waals surface area contributed by atoms with Gasteiger partial charge < -0.3 is 30.3 Å². The fourth-order valence-corrected chi connectivity index (χ4v) is 2.43. The van der Waals surface area contributed by atoms with Gasteiger partial charge in [0.2, 0.25) is 0 Å². The Balaban J connectivity index is 1.91. The Morgan fingerprint density at radius 2 is 1.78 bits per heavy atom. The van der Waals surface area contributed by atoms with Gasteiger partial charge in [0.05, 0.1) is 6.61 Å². The third-order valence-corrected chi connectivity index (χ3v) is 3.69. The zero-order valence-electron chi connectivity index (χ0n) is 12.8. The first kappa shape index (κ1) is 16.7. The van der Waals surface area contributed by atoms with Crippen molar-refractivity contribution in [2.24, 2.45) is 0 Å². The summed E-state index contributed by atoms with van der Waals surface area (Å²) in [7, 11) is 0. The second kappa shape index (κ2) is 7.08. The third-order valence-electron chi connectivity index (χ3n) is 3.69. The number of carbonyl (C=O) groups is 2. The predicted molar refractivity (Wildman–Crippen MR) is 80.5 cm³/mol. The van der Waals surface area contributed by atoms with E-state index < -0.39 is 23.2 Å². The van der Waals surface area contributed by atoms with E-state index in [9.17, 15) is 24.9 Å². The van der Waals surface area contributed by atoms with Crippen LogP contribution >= 0.6 is 0 Å². The Morgan fingerprint density at radius 1 is 1.22 bits per heavy atom. The lowest BCUT2D eigenvalue weighted by molar-refractivity contribution is 0.0859. The van der Waals surface area contributed by atoms with Crippen LogP contribution < -0.4 is 5.32 Å². The molecule has 1 aromatic carbocycles. The average molecular weight is 324 g/mol. The van der Waals surface area contributed by atoms with Gasteiger partial charge in [-0.3, -0.25) is 4.79 Å². The van der Waals surface area contributed by atoms with Crippen LogP contribution in [0.25, 0.3) is 0 Å². The van der Waals surface area contributed by atoms with E-state index in [0.29, 0.717) is 32.5 Å². The lowest BCUT2D eigenvalue weighted by Gasteiger charge is -2.31. The number of aromatic hydroxyl groups is 3. The highest BCUT2D eigenvalue weighted by atomic mass is 16.6. The van der Waals surface area contributed by atoms with Crippen molar-refractivity contribution < 1.29 is 29.6 Å². The molecule has 8 heteroatoms. The Morgan fingerprint density at radius 3 is 2.30 bits per heavy atom. The van der Waals surface area contributed by atoms with Crippen molar-refractivity contribution in [2.45, 2.75) is 25.8 Å². The summed E-state index contributed by atoms with van der Waals surface area (Å²) in [4.78, 5) is 25.3. The number of likely N-dealkylation sites (tertiary alicyclic amines) is 1. The van der Waals surface area contributed by atoms with Crippen molar-refractivity contribution in [3.8, 4) is 17.2 Å². The fraction of sp³-hybridized carbons (Fsp3) is 0.467. The first-order valence-corrected chi connectivity index (χ1v) is 7.39. The standard InChI is InChI=1S/C15H20N2O6/c1-2-23-15(22)17-5-3-10(4-6-17)16-14(21)9-7-11(18)13(20)12(19)8-9/h7-8,10,18-20H,2-6H2,1H3,(H,16,21). The molecule has 0 radical (unpaired) electrons. The lowest BCUT2D eigenvalue weighted by atomic mass is 10.0. The van der Waals surface area contributed by atoms with E-state index >= 15 is 0 Å². The minimum Gasteiger partial charge on any atom is -0.504 e. The first-order chi connectivity index (χ1) is 10.9. The van der Waals surface area contributed by atoms with Crippen LogP contribution in [0.4, 0.5) is 4.79 Å². The molecule has 0 spiro atoms. The number of nitrogens with zero attached hydrogens (tertiary/aromatic N) is 1. The first-order valence-electron chi connectivity index (χ1n) is 7.39. The number of amides is 2. The molecule has 1 aromatic rings. The molecule has 0 atom stereocenters. The summed E-state index contributed by atoms with van der Waals surface area (Å²) in [6.45, 7) is 3.03. The minimum absolute atomic E-state index is 0.0469. The highest BCUT2D eigenvalue weighted by Crippen LogP contribution is 2.35. The normalized spacial score (nSPS) is 15.3. The number of phenolic OH excluding ortho intramolecular Hbond substituents is 3. The molecule has 0 aromatic heterocycles. The Bertz CT molecular complexity index is 573. The fourth-order valence-electron chi connectivity index (χ4n) is 2.43. The van der Waals surface area contributed by atoms with E-state index in [-0.39, 0.29) is 17.7 Å². The molecule has 2 amide bonds. The van der Waals surface area contributed by atoms with E-state index in [1.807, 2.05) is 0 Å². The molecule has 23 heavy (non-hydrogen) atoms. The van der Waals surface area contributed by atoms with Crippen molar-refractivity contribution in [3.63, 3.8) is 0 Å². The average Bonchev–Trinajstić information content (AvgIpc) is 2.53. The molecular weight excluding hydrogens is 304 g/mol. The predicted octanol–water partition coefficient (Wildman–Crippen LogP) is 1.15. The lowest BCUT2D eigenvalue weighted by Crippen LogP contribution is -2.46. The van der Waals surface area contributed by atoms with Crippen LogP contribution in [-0.2, 0) is 4.74 Å². The molecular formula is C15H20N2O6. The minimum atomic E-state index is -0.663. The Hall–Kier alpha value is -2.64. The second-order valence-electron chi connectivity index (χ2n) is 5.30. The molecule has 1 heterocycles. The second-order valence-corrected chi connectivity index (χ2v) is 5.30. The maximum absolute atomic E-state index is 12.1. The number of carbonyl (C=O) groups excluding carboxylic acids is 2. The van der Waals surface area contributed by atoms with Gasteiger partial charge in [-0.05, 0) is 31.9 Å². The number of nitrogens with one attached hydrogen (secondary N) is 1. The summed E-state index contributed by atoms with van der Waals surface area (Å²) in [5.41, 5.74) is 0.0469. The van der Waals surface area contributed by atoms with E-state index in [0.717, 1.165) is 12.1 Å². The topological polar surface area (TPSA) is 119 Å². The van der Waals surface area contributed by atoms with Crippen LogP contribution in [0.3, 0.4) is 0 Å². The molecule has 1 aliphatic heterocycles. The summed E-state index contributed by atoms with van der Waals surface area (Å²) >= 11 is 0. The third kappa shape index (κ3) is 3.97. The van der Waals surface area contributed by atoms with Crippen molar-refractivity contribution in [2.75, 3.05) is 19.7 Å². The van der Waals surface area contributed by atoms with Gasteiger partial charge in [-0.2, -0.15) is 0 Å². The molecule has 8 nitrogen and oxygen atoms in total. The zero-order valence-corrected chi connectivity index (χ0v) is 12.8. The summed E-state index contributed by atoms with van der Waals surface area (Å²) in [6, 6.07) is 2.04. The maximum Gasteiger partial charge on any atom is 0.409 e. The van der Waals surface area contributed by atoms with E-state index in [1.54, 1.807) is 11.8 Å². The SMILES string of the molecule is CCOC(=O)N1CCC(NC(=O)c2cc(O)c(O)c(O)c2)CC1. The van der Waals surface area contributed by atoms with Crippen molar-refractivity contribution in [3.05, 3.63) is 17.7 Å². The number of hydrogen-bond acceptors (Lipinski definition) is 6. The van der Waals surface area contributed by atoms with Crippen LogP contribution in [0.5, 0.6) is 17.2 Å². The molecule has 4 N–H and O–H groups in total. The van der Waals surface area contributed by atoms with Crippen LogP contribution in [-0.4, -0.2) is 58.0 Å². The van der Waals surface area contributed by atoms with Gasteiger partial charge in [0.25, 0.3) is 5.91 Å². The molecule has 1 saturated heterocycles. The molecule has 1 fully saturated rings. The number of phenols is 3. The van der Waals surface area contributed by atoms with Gasteiger partial charge >= 0.3 is 6.09 Å². The number of ether oxygens (including phenoxy) is 1. The zero-order chi connectivity index (χ0) is 17.0. The maximum atomic E-state index is 12.1. The van der Waals surface area contributed by atoms with Crippen LogP contribution in [0.2, 0.25) is 0 Å². The number of piperidine rings is 1. The number of benzene rings is 1. The molecule has 1 aliphatic rings. The monoisotopic (exact) mass is 324 g/mol. The quantitative estimate of drug-likeness (QED) is 0.619. The van der Waals surface area contributed by atoms with Gasteiger partial charge in [0.15, 0.2) is 17.2 Å². The van der Waals surface area contributed by atoms with E-state index in [4.69, 9.17) is 4.74 Å². The summed E-state index contributed by atoms with van der Waals surface area (Å²) in [5.74, 6) is -2.26. The largest absolute Gasteiger partial charge is 0.504 e. The smallest absolute Gasteiger partial charge is 0.409 e. The number of rotatable bonds is 3. The van der Waals surface area contributed by atoms with Crippen molar-refractivity contribution in [1.29, 1.82) is 0 Å². The molecule has 0 unspecified atom stereocenters. The van der Waals surface area contributed by atoms with Crippen LogP contribution in [0.15, 0.2) is 12.1 Å². The van der Waals surface area contributed by atoms with Crippen LogP contribution in [0, 0.1) is 0 Å². The molecule has 0 bridgehead atoms. The molecule has 0 aliphatic carbocycles. The Kier molecular flexibility index (Phi) is 5.15. The van der Waals surface area contributed by atoms with E-state index in [2.05, 4.69) is 5.32 Å². The highest BCUT2D eigenvalue weighted by molar-refractivity contribution is 5.95. The highest BCUT2D eigenvalue weighted by Gasteiger charge is 2.25. The molecule has 126 valence electrons. The summed E-state index contributed by atoms with van der Waals surface area (Å²) in [5, 5.41) is 30.9. The summed E-state index contributed by atoms with van der Waals surface area (Å²) in [6.07, 6.45) is 0.812. The van der Waals surface area contributed by atoms with Gasteiger partial charge in [0.1, 0.15) is 0 Å². The van der Waals surface area contributed by atoms with E-state index in [1.165, 1.54) is 0 Å². The van der Waals surface area contributed by atoms with Crippen LogP contribution in [0.1, 0.15) is 30.1 Å². The van der Waals surface area contributed by atoms with Gasteiger partial charge in [-0.25, -0.2) is 4.79 Å². The number of hydrogen-bond donors (Lipinski definition) is 4. The Labute approximate surface area is 133 Å². The van der Waals surface area contributed by atoms with Crippen molar-refractivity contribution >= 4 is 12.0 Å². The van der Waals surface area contributed by atoms with Gasteiger partial charge in [-0.1, -0.05) is 0 Å². The molecule has 2 rings (SSSR count). The van der Waals surface area contributed by atoms with Gasteiger partial charge in [-0.15, -0.1) is 0 Å². The van der Waals surface area contributed by atoms with Crippen molar-refractivity contribution in [1.82, 2.24) is 10.2 Å². The molecule has 0 saturated carbocycles. The summed E-state index contributed by atoms with van der Waals surface area (Å²) < 4.78 is 4.92.